The third-order valence-corrected chi connectivity index (χ3v) is 5.00. The molecule has 1 fully saturated rings. The Hall–Kier alpha value is -0.610. The van der Waals surface area contributed by atoms with Gasteiger partial charge in [0.25, 0.3) is 0 Å². The van der Waals surface area contributed by atoms with Gasteiger partial charge in [0.15, 0.2) is 5.96 Å². The van der Waals surface area contributed by atoms with Gasteiger partial charge in [0.05, 0.1) is 12.2 Å². The minimum absolute atomic E-state index is 0. The van der Waals surface area contributed by atoms with E-state index in [-0.39, 0.29) is 41.2 Å². The lowest BCUT2D eigenvalue weighted by molar-refractivity contribution is 0.190. The van der Waals surface area contributed by atoms with Crippen molar-refractivity contribution < 1.29 is 8.78 Å². The zero-order valence-electron chi connectivity index (χ0n) is 12.6. The number of nitrogens with two attached hydrogens (primary N) is 1. The van der Waals surface area contributed by atoms with E-state index >= 15 is 0 Å². The van der Waals surface area contributed by atoms with E-state index in [1.54, 1.807) is 0 Å². The van der Waals surface area contributed by atoms with Crippen molar-refractivity contribution >= 4 is 47.4 Å². The summed E-state index contributed by atoms with van der Waals surface area (Å²) in [7, 11) is 4.05. The van der Waals surface area contributed by atoms with Gasteiger partial charge >= 0.3 is 0 Å². The van der Waals surface area contributed by atoms with E-state index in [9.17, 15) is 8.78 Å². The van der Waals surface area contributed by atoms with Gasteiger partial charge in [-0.2, -0.15) is 11.8 Å². The first-order valence-electron chi connectivity index (χ1n) is 6.70. The average molecular weight is 442 g/mol. The lowest BCUT2D eigenvalue weighted by atomic mass is 9.98. The summed E-state index contributed by atoms with van der Waals surface area (Å²) in [5.41, 5.74) is 5.77. The van der Waals surface area contributed by atoms with E-state index in [2.05, 4.69) is 15.2 Å². The largest absolute Gasteiger partial charge is 0.370 e. The smallest absolute Gasteiger partial charge is 0.193 e. The molecule has 0 aliphatic carbocycles. The molecule has 1 saturated heterocycles. The lowest BCUT2D eigenvalue weighted by Gasteiger charge is -2.34. The summed E-state index contributed by atoms with van der Waals surface area (Å²) in [4.78, 5) is 6.46. The van der Waals surface area contributed by atoms with Crippen LogP contribution in [0, 0.1) is 11.6 Å². The Kier molecular flexibility index (Phi) is 7.33. The van der Waals surface area contributed by atoms with E-state index in [1.165, 1.54) is 0 Å². The molecule has 1 atom stereocenters. The predicted molar refractivity (Wildman–Crippen MR) is 100 cm³/mol. The maximum atomic E-state index is 13.5. The molecule has 1 aromatic rings. The lowest BCUT2D eigenvalue weighted by Crippen LogP contribution is -2.47. The van der Waals surface area contributed by atoms with Gasteiger partial charge in [0.1, 0.15) is 11.6 Å². The maximum absolute atomic E-state index is 13.5. The highest BCUT2D eigenvalue weighted by Gasteiger charge is 2.36. The first-order chi connectivity index (χ1) is 9.93. The Balaban J connectivity index is 0.00000242. The molecule has 8 heteroatoms. The summed E-state index contributed by atoms with van der Waals surface area (Å²) in [6.45, 7) is 0.531. The number of aliphatic imine (C=N–C) groups is 1. The molecule has 2 rings (SSSR count). The van der Waals surface area contributed by atoms with Crippen molar-refractivity contribution in [3.8, 4) is 0 Å². The van der Waals surface area contributed by atoms with Crippen LogP contribution in [0.5, 0.6) is 0 Å². The van der Waals surface area contributed by atoms with Crippen LogP contribution in [-0.4, -0.2) is 48.5 Å². The molecule has 0 spiro atoms. The van der Waals surface area contributed by atoms with Gasteiger partial charge in [-0.05, 0) is 38.4 Å². The van der Waals surface area contributed by atoms with Crippen LogP contribution in [0.2, 0.25) is 0 Å². The number of rotatable bonds is 4. The monoisotopic (exact) mass is 442 g/mol. The van der Waals surface area contributed by atoms with Crippen molar-refractivity contribution in [2.24, 2.45) is 10.7 Å². The van der Waals surface area contributed by atoms with E-state index in [0.29, 0.717) is 6.54 Å². The highest BCUT2D eigenvalue weighted by molar-refractivity contribution is 14.0. The first kappa shape index (κ1) is 19.4. The van der Waals surface area contributed by atoms with Gasteiger partial charge in [0, 0.05) is 17.4 Å². The molecule has 0 amide bonds. The summed E-state index contributed by atoms with van der Waals surface area (Å²) < 4.78 is 26.6. The number of hydrogen-bond acceptors (Lipinski definition) is 3. The van der Waals surface area contributed by atoms with Gasteiger partial charge in [-0.1, -0.05) is 0 Å². The van der Waals surface area contributed by atoms with Crippen molar-refractivity contribution in [3.05, 3.63) is 29.8 Å². The van der Waals surface area contributed by atoms with E-state index in [0.717, 1.165) is 36.1 Å². The third-order valence-electron chi connectivity index (χ3n) is 3.77. The molecule has 1 aliphatic rings. The fourth-order valence-electron chi connectivity index (χ4n) is 2.22. The average Bonchev–Trinajstić information content (AvgIpc) is 2.91. The highest BCUT2D eigenvalue weighted by Crippen LogP contribution is 2.32. The van der Waals surface area contributed by atoms with E-state index in [1.807, 2.05) is 25.9 Å². The number of benzene rings is 1. The molecular formula is C14H21F2IN4S. The molecule has 1 heterocycles. The predicted octanol–water partition coefficient (Wildman–Crippen LogP) is 2.75. The van der Waals surface area contributed by atoms with Crippen molar-refractivity contribution in [2.75, 3.05) is 37.5 Å². The number of likely N-dealkylation sites (N-methyl/N-ethyl adjacent to an activating group) is 1. The Morgan fingerprint density at radius 3 is 2.77 bits per heavy atom. The molecule has 1 unspecified atom stereocenters. The summed E-state index contributed by atoms with van der Waals surface area (Å²) >= 11 is 1.89. The molecule has 0 radical (unpaired) electrons. The molecule has 0 aromatic heterocycles. The first-order valence-corrected chi connectivity index (χ1v) is 7.86. The number of halogens is 3. The van der Waals surface area contributed by atoms with E-state index < -0.39 is 11.6 Å². The van der Waals surface area contributed by atoms with Crippen molar-refractivity contribution in [1.29, 1.82) is 0 Å². The minimum atomic E-state index is -0.562. The molecule has 1 aromatic carbocycles. The van der Waals surface area contributed by atoms with Gasteiger partial charge in [0.2, 0.25) is 0 Å². The topological polar surface area (TPSA) is 53.6 Å². The fourth-order valence-corrected chi connectivity index (χ4v) is 3.76. The van der Waals surface area contributed by atoms with Crippen LogP contribution in [0.4, 0.5) is 14.5 Å². The molecule has 0 bridgehead atoms. The van der Waals surface area contributed by atoms with Crippen LogP contribution >= 0.6 is 35.7 Å². The van der Waals surface area contributed by atoms with Crippen molar-refractivity contribution in [3.63, 3.8) is 0 Å². The van der Waals surface area contributed by atoms with Crippen LogP contribution < -0.4 is 11.1 Å². The van der Waals surface area contributed by atoms with Gasteiger partial charge in [-0.15, -0.1) is 24.0 Å². The summed E-state index contributed by atoms with van der Waals surface area (Å²) in [5.74, 6) is 1.10. The second-order valence-corrected chi connectivity index (χ2v) is 6.48. The van der Waals surface area contributed by atoms with Gasteiger partial charge in [-0.25, -0.2) is 8.78 Å². The number of nitrogens with zero attached hydrogens (tertiary/aromatic N) is 2. The molecular weight excluding hydrogens is 421 g/mol. The summed E-state index contributed by atoms with van der Waals surface area (Å²) in [5, 5.41) is 2.62. The Morgan fingerprint density at radius 2 is 2.18 bits per heavy atom. The van der Waals surface area contributed by atoms with Crippen LogP contribution in [-0.2, 0) is 0 Å². The number of hydrogen-bond donors (Lipinski definition) is 2. The SMILES string of the molecule is CN(C)C1(CN=C(N)Nc2cc(F)ccc2F)CCSC1.I. The number of guanidine groups is 1. The molecule has 1 aliphatic heterocycles. The number of thioether (sulfide) groups is 1. The second kappa shape index (κ2) is 8.30. The number of nitrogens with one attached hydrogen (secondary N) is 1. The summed E-state index contributed by atoms with van der Waals surface area (Å²) in [6.07, 6.45) is 1.04. The van der Waals surface area contributed by atoms with Crippen LogP contribution in [0.1, 0.15) is 6.42 Å². The molecule has 22 heavy (non-hydrogen) atoms. The van der Waals surface area contributed by atoms with Gasteiger partial charge in [-0.3, -0.25) is 4.99 Å². The summed E-state index contributed by atoms with van der Waals surface area (Å²) in [6, 6.07) is 3.18. The van der Waals surface area contributed by atoms with Crippen LogP contribution in [0.15, 0.2) is 23.2 Å². The van der Waals surface area contributed by atoms with E-state index in [4.69, 9.17) is 5.73 Å². The molecule has 3 N–H and O–H groups in total. The maximum Gasteiger partial charge on any atom is 0.193 e. The number of anilines is 1. The zero-order valence-corrected chi connectivity index (χ0v) is 15.8. The standard InChI is InChI=1S/C14H20F2N4S.HI/c1-20(2)14(5-6-21-9-14)8-18-13(17)19-12-7-10(15)3-4-11(12)16;/h3-4,7H,5-6,8-9H2,1-2H3,(H3,17,18,19);1H. The molecule has 4 nitrogen and oxygen atoms in total. The van der Waals surface area contributed by atoms with Crippen LogP contribution in [0.3, 0.4) is 0 Å². The Morgan fingerprint density at radius 1 is 1.45 bits per heavy atom. The normalized spacial score (nSPS) is 21.8. The third kappa shape index (κ3) is 4.69. The fraction of sp³-hybridized carbons (Fsp3) is 0.500. The Labute approximate surface area is 150 Å². The second-order valence-electron chi connectivity index (χ2n) is 5.37. The quantitative estimate of drug-likeness (QED) is 0.428. The molecule has 0 saturated carbocycles. The van der Waals surface area contributed by atoms with Crippen molar-refractivity contribution in [1.82, 2.24) is 4.90 Å². The zero-order chi connectivity index (χ0) is 15.5. The minimum Gasteiger partial charge on any atom is -0.370 e. The highest BCUT2D eigenvalue weighted by atomic mass is 127. The molecule has 124 valence electrons. The van der Waals surface area contributed by atoms with Gasteiger partial charge < -0.3 is 16.0 Å². The van der Waals surface area contributed by atoms with Crippen LogP contribution in [0.25, 0.3) is 0 Å². The van der Waals surface area contributed by atoms with Crippen molar-refractivity contribution in [2.45, 2.75) is 12.0 Å². The Bertz CT molecular complexity index is 534.